The number of aryl methyl sites for hydroxylation is 2. The van der Waals surface area contributed by atoms with E-state index in [0.29, 0.717) is 11.4 Å². The molecule has 0 bridgehead atoms. The topological polar surface area (TPSA) is 38.3 Å². The molecule has 0 radical (unpaired) electrons. The molecule has 0 saturated carbocycles. The Morgan fingerprint density at radius 1 is 1.12 bits per heavy atom. The van der Waals surface area contributed by atoms with Crippen LogP contribution in [-0.2, 0) is 17.6 Å². The first-order valence-electron chi connectivity index (χ1n) is 7.90. The second-order valence-electron chi connectivity index (χ2n) is 5.83. The summed E-state index contributed by atoms with van der Waals surface area (Å²) in [7, 11) is 0. The SMILES string of the molecule is CCC(=O)Nc1ccc(C(F)(F)F)cc1COc1ccc(C)cc1C. The monoisotopic (exact) mass is 351 g/mol. The van der Waals surface area contributed by atoms with E-state index in [1.54, 1.807) is 13.0 Å². The van der Waals surface area contributed by atoms with Crippen LogP contribution in [0, 0.1) is 13.8 Å². The van der Waals surface area contributed by atoms with E-state index >= 15 is 0 Å². The first-order chi connectivity index (χ1) is 11.7. The van der Waals surface area contributed by atoms with Gasteiger partial charge >= 0.3 is 6.18 Å². The highest BCUT2D eigenvalue weighted by atomic mass is 19.4. The molecule has 2 rings (SSSR count). The molecule has 2 aromatic carbocycles. The number of carbonyl (C=O) groups is 1. The lowest BCUT2D eigenvalue weighted by Crippen LogP contribution is -2.14. The fourth-order valence-corrected chi connectivity index (χ4v) is 2.37. The number of anilines is 1. The van der Waals surface area contributed by atoms with E-state index < -0.39 is 11.7 Å². The molecule has 25 heavy (non-hydrogen) atoms. The summed E-state index contributed by atoms with van der Waals surface area (Å²) < 4.78 is 44.6. The average Bonchev–Trinajstić information content (AvgIpc) is 2.54. The van der Waals surface area contributed by atoms with Crippen LogP contribution in [0.4, 0.5) is 18.9 Å². The van der Waals surface area contributed by atoms with Crippen LogP contribution in [-0.4, -0.2) is 5.91 Å². The number of nitrogens with one attached hydrogen (secondary N) is 1. The number of hydrogen-bond acceptors (Lipinski definition) is 2. The van der Waals surface area contributed by atoms with E-state index in [4.69, 9.17) is 4.74 Å². The maximum absolute atomic E-state index is 13.0. The molecule has 0 saturated heterocycles. The normalized spacial score (nSPS) is 11.3. The molecule has 1 N–H and O–H groups in total. The predicted molar refractivity (Wildman–Crippen MR) is 90.6 cm³/mol. The lowest BCUT2D eigenvalue weighted by atomic mass is 10.1. The number of hydrogen-bond donors (Lipinski definition) is 1. The zero-order valence-corrected chi connectivity index (χ0v) is 14.3. The van der Waals surface area contributed by atoms with Crippen LogP contribution >= 0.6 is 0 Å². The smallest absolute Gasteiger partial charge is 0.416 e. The predicted octanol–water partition coefficient (Wildman–Crippen LogP) is 5.25. The standard InChI is InChI=1S/C19H20F3NO2/c1-4-18(24)23-16-7-6-15(19(20,21)22)10-14(16)11-25-17-8-5-12(2)9-13(17)3/h5-10H,4,11H2,1-3H3,(H,23,24). The van der Waals surface area contributed by atoms with Crippen LogP contribution in [0.5, 0.6) is 5.75 Å². The molecule has 0 aliphatic rings. The fraction of sp³-hybridized carbons (Fsp3) is 0.316. The highest BCUT2D eigenvalue weighted by Crippen LogP contribution is 2.32. The minimum absolute atomic E-state index is 0.0762. The van der Waals surface area contributed by atoms with Crippen LogP contribution in [0.25, 0.3) is 0 Å². The third-order valence-corrected chi connectivity index (χ3v) is 3.74. The van der Waals surface area contributed by atoms with Gasteiger partial charge < -0.3 is 10.1 Å². The fourth-order valence-electron chi connectivity index (χ4n) is 2.37. The van der Waals surface area contributed by atoms with E-state index in [-0.39, 0.29) is 24.5 Å². The maximum Gasteiger partial charge on any atom is 0.416 e. The molecule has 1 amide bonds. The van der Waals surface area contributed by atoms with Crippen molar-refractivity contribution in [2.45, 2.75) is 40.0 Å². The first kappa shape index (κ1) is 18.8. The molecule has 0 heterocycles. The van der Waals surface area contributed by atoms with Crippen molar-refractivity contribution in [2.75, 3.05) is 5.32 Å². The van der Waals surface area contributed by atoms with Crippen LogP contribution < -0.4 is 10.1 Å². The Morgan fingerprint density at radius 3 is 2.44 bits per heavy atom. The summed E-state index contributed by atoms with van der Waals surface area (Å²) in [4.78, 5) is 11.6. The lowest BCUT2D eigenvalue weighted by Gasteiger charge is -2.16. The summed E-state index contributed by atoms with van der Waals surface area (Å²) >= 11 is 0. The number of benzene rings is 2. The largest absolute Gasteiger partial charge is 0.489 e. The Bertz CT molecular complexity index is 770. The van der Waals surface area contributed by atoms with Crippen LogP contribution in [0.2, 0.25) is 0 Å². The molecule has 0 aromatic heterocycles. The highest BCUT2D eigenvalue weighted by Gasteiger charge is 2.31. The van der Waals surface area contributed by atoms with Crippen LogP contribution in [0.3, 0.4) is 0 Å². The summed E-state index contributed by atoms with van der Waals surface area (Å²) in [6.45, 7) is 5.41. The highest BCUT2D eigenvalue weighted by molar-refractivity contribution is 5.91. The molecule has 0 spiro atoms. The van der Waals surface area contributed by atoms with Gasteiger partial charge in [-0.15, -0.1) is 0 Å². The van der Waals surface area contributed by atoms with Crippen molar-refractivity contribution in [3.8, 4) is 5.75 Å². The average molecular weight is 351 g/mol. The zero-order chi connectivity index (χ0) is 18.6. The number of rotatable bonds is 5. The van der Waals surface area contributed by atoms with Gasteiger partial charge in [-0.1, -0.05) is 24.6 Å². The van der Waals surface area contributed by atoms with Crippen molar-refractivity contribution in [3.63, 3.8) is 0 Å². The molecule has 0 aliphatic carbocycles. The molecule has 0 unspecified atom stereocenters. The third-order valence-electron chi connectivity index (χ3n) is 3.74. The Morgan fingerprint density at radius 2 is 1.84 bits per heavy atom. The molecule has 0 aliphatic heterocycles. The second kappa shape index (κ2) is 7.59. The molecule has 0 fully saturated rings. The summed E-state index contributed by atoms with van der Waals surface area (Å²) in [6, 6.07) is 8.80. The van der Waals surface area contributed by atoms with E-state index in [2.05, 4.69) is 5.32 Å². The Labute approximate surface area is 144 Å². The van der Waals surface area contributed by atoms with Gasteiger partial charge in [0.25, 0.3) is 0 Å². The van der Waals surface area contributed by atoms with Gasteiger partial charge in [0.2, 0.25) is 5.91 Å². The van der Waals surface area contributed by atoms with Gasteiger partial charge in [-0.2, -0.15) is 13.2 Å². The molecular weight excluding hydrogens is 331 g/mol. The van der Waals surface area contributed by atoms with Crippen molar-refractivity contribution in [1.82, 2.24) is 0 Å². The van der Waals surface area contributed by atoms with Gasteiger partial charge in [0, 0.05) is 17.7 Å². The summed E-state index contributed by atoms with van der Waals surface area (Å²) in [5, 5.41) is 2.61. The van der Waals surface area contributed by atoms with E-state index in [0.717, 1.165) is 23.3 Å². The van der Waals surface area contributed by atoms with Crippen molar-refractivity contribution in [2.24, 2.45) is 0 Å². The molecule has 0 atom stereocenters. The van der Waals surface area contributed by atoms with Gasteiger partial charge in [0.1, 0.15) is 12.4 Å². The molecule has 3 nitrogen and oxygen atoms in total. The van der Waals surface area contributed by atoms with E-state index in [1.165, 1.54) is 6.07 Å². The number of carbonyl (C=O) groups excluding carboxylic acids is 1. The van der Waals surface area contributed by atoms with Crippen molar-refractivity contribution < 1.29 is 22.7 Å². The number of amides is 1. The molecule has 6 heteroatoms. The zero-order valence-electron chi connectivity index (χ0n) is 14.3. The van der Waals surface area contributed by atoms with Gasteiger partial charge in [0.15, 0.2) is 0 Å². The summed E-state index contributed by atoms with van der Waals surface area (Å²) in [5.41, 5.74) is 1.79. The molecular formula is C19H20F3NO2. The first-order valence-corrected chi connectivity index (χ1v) is 7.90. The Hall–Kier alpha value is -2.50. The second-order valence-corrected chi connectivity index (χ2v) is 5.83. The van der Waals surface area contributed by atoms with E-state index in [9.17, 15) is 18.0 Å². The third kappa shape index (κ3) is 4.98. The van der Waals surface area contributed by atoms with Crippen molar-refractivity contribution >= 4 is 11.6 Å². The quantitative estimate of drug-likeness (QED) is 0.799. The van der Waals surface area contributed by atoms with E-state index in [1.807, 2.05) is 26.0 Å². The summed E-state index contributed by atoms with van der Waals surface area (Å²) in [6.07, 6.45) is -4.22. The van der Waals surface area contributed by atoms with Crippen molar-refractivity contribution in [3.05, 3.63) is 58.7 Å². The van der Waals surface area contributed by atoms with Crippen molar-refractivity contribution in [1.29, 1.82) is 0 Å². The minimum atomic E-state index is -4.46. The number of halogens is 3. The number of ether oxygens (including phenoxy) is 1. The van der Waals surface area contributed by atoms with Gasteiger partial charge in [-0.05, 0) is 43.7 Å². The Balaban J connectivity index is 2.29. The number of alkyl halides is 3. The lowest BCUT2D eigenvalue weighted by molar-refractivity contribution is -0.137. The van der Waals surface area contributed by atoms with Crippen LogP contribution in [0.15, 0.2) is 36.4 Å². The molecule has 2 aromatic rings. The maximum atomic E-state index is 13.0. The van der Waals surface area contributed by atoms with Crippen LogP contribution in [0.1, 0.15) is 35.6 Å². The summed E-state index contributed by atoms with van der Waals surface area (Å²) in [5.74, 6) is 0.323. The van der Waals surface area contributed by atoms with Gasteiger partial charge in [-0.3, -0.25) is 4.79 Å². The van der Waals surface area contributed by atoms with Gasteiger partial charge in [0.05, 0.1) is 5.56 Å². The molecule has 134 valence electrons. The Kier molecular flexibility index (Phi) is 5.72. The minimum Gasteiger partial charge on any atom is -0.489 e. The van der Waals surface area contributed by atoms with Gasteiger partial charge in [-0.25, -0.2) is 0 Å².